The third-order valence-electron chi connectivity index (χ3n) is 2.98. The minimum atomic E-state index is -5.00. The number of hydrogen-bond donors (Lipinski definition) is 3. The van der Waals surface area contributed by atoms with Crippen LogP contribution in [0.2, 0.25) is 0 Å². The maximum atomic E-state index is 12.3. The van der Waals surface area contributed by atoms with Crippen molar-refractivity contribution in [1.29, 1.82) is 0 Å². The van der Waals surface area contributed by atoms with Crippen molar-refractivity contribution in [3.63, 3.8) is 0 Å². The Balaban J connectivity index is 2.16. The Hall–Kier alpha value is -2.56. The summed E-state index contributed by atoms with van der Waals surface area (Å²) in [5, 5.41) is 8.01. The van der Waals surface area contributed by atoms with Crippen molar-refractivity contribution in [1.82, 2.24) is 10.2 Å². The van der Waals surface area contributed by atoms with Gasteiger partial charge in [-0.05, 0) is 38.1 Å². The average Bonchev–Trinajstić information content (AvgIpc) is 2.79. The molecule has 24 heavy (non-hydrogen) atoms. The Kier molecular flexibility index (Phi) is 4.56. The number of benzene rings is 1. The molecule has 0 aliphatic carbocycles. The van der Waals surface area contributed by atoms with E-state index in [4.69, 9.17) is 0 Å². The van der Waals surface area contributed by atoms with Gasteiger partial charge in [0.25, 0.3) is 10.0 Å². The number of rotatable bonds is 4. The number of aromatic nitrogens is 2. The van der Waals surface area contributed by atoms with Crippen LogP contribution in [-0.4, -0.2) is 30.7 Å². The quantitative estimate of drug-likeness (QED) is 0.776. The number of nitrogens with zero attached hydrogens (tertiary/aromatic N) is 1. The van der Waals surface area contributed by atoms with Gasteiger partial charge in [0, 0.05) is 11.4 Å². The van der Waals surface area contributed by atoms with Gasteiger partial charge in [0.05, 0.1) is 11.4 Å². The number of aromatic amines is 1. The first-order valence-corrected chi connectivity index (χ1v) is 8.01. The molecule has 1 aromatic carbocycles. The molecule has 130 valence electrons. The molecule has 11 heteroatoms. The highest BCUT2D eigenvalue weighted by Crippen LogP contribution is 2.23. The van der Waals surface area contributed by atoms with Crippen molar-refractivity contribution in [3.05, 3.63) is 35.7 Å². The number of sulfonamides is 1. The summed E-state index contributed by atoms with van der Waals surface area (Å²) in [5.41, 5.74) is 0.652. The topological polar surface area (TPSA) is 104 Å². The zero-order chi connectivity index (χ0) is 18.1. The molecule has 2 rings (SSSR count). The van der Waals surface area contributed by atoms with Crippen LogP contribution in [-0.2, 0) is 14.8 Å². The van der Waals surface area contributed by atoms with Gasteiger partial charge in [0.2, 0.25) is 0 Å². The van der Waals surface area contributed by atoms with Crippen LogP contribution in [0.15, 0.2) is 29.2 Å². The normalized spacial score (nSPS) is 12.0. The van der Waals surface area contributed by atoms with Gasteiger partial charge in [-0.1, -0.05) is 0 Å². The molecule has 7 nitrogen and oxygen atoms in total. The molecule has 1 heterocycles. The van der Waals surface area contributed by atoms with Gasteiger partial charge in [0.15, 0.2) is 0 Å². The number of hydrogen-bond acceptors (Lipinski definition) is 4. The van der Waals surface area contributed by atoms with Gasteiger partial charge in [-0.3, -0.25) is 14.6 Å². The van der Waals surface area contributed by atoms with E-state index >= 15 is 0 Å². The van der Waals surface area contributed by atoms with E-state index in [1.165, 1.54) is 19.1 Å². The number of aryl methyl sites for hydroxylation is 2. The van der Waals surface area contributed by atoms with Gasteiger partial charge in [-0.2, -0.15) is 18.3 Å². The third kappa shape index (κ3) is 3.85. The number of halogens is 3. The lowest BCUT2D eigenvalue weighted by molar-refractivity contribution is -0.167. The number of amides is 1. The van der Waals surface area contributed by atoms with E-state index in [0.29, 0.717) is 5.69 Å². The molecule has 1 amide bonds. The van der Waals surface area contributed by atoms with Gasteiger partial charge in [-0.25, -0.2) is 8.42 Å². The van der Waals surface area contributed by atoms with Crippen molar-refractivity contribution in [2.45, 2.75) is 24.9 Å². The zero-order valence-electron chi connectivity index (χ0n) is 12.5. The highest BCUT2D eigenvalue weighted by atomic mass is 32.2. The van der Waals surface area contributed by atoms with E-state index in [-0.39, 0.29) is 22.0 Å². The molecule has 0 radical (unpaired) electrons. The molecule has 0 bridgehead atoms. The molecule has 0 saturated heterocycles. The van der Waals surface area contributed by atoms with Crippen LogP contribution < -0.4 is 10.0 Å². The molecular weight excluding hydrogens is 349 g/mol. The van der Waals surface area contributed by atoms with Crippen LogP contribution in [0.1, 0.15) is 11.4 Å². The molecule has 1 aromatic heterocycles. The Labute approximate surface area is 135 Å². The third-order valence-corrected chi connectivity index (χ3v) is 4.63. The first kappa shape index (κ1) is 17.8. The fraction of sp³-hybridized carbons (Fsp3) is 0.231. The predicted molar refractivity (Wildman–Crippen MR) is 80.0 cm³/mol. The molecule has 0 aliphatic heterocycles. The molecular formula is C13H13F3N4O3S. The smallest absolute Gasteiger partial charge is 0.318 e. The van der Waals surface area contributed by atoms with E-state index in [1.54, 1.807) is 12.2 Å². The predicted octanol–water partition coefficient (Wildman–Crippen LogP) is 2.33. The Morgan fingerprint density at radius 2 is 1.67 bits per heavy atom. The molecule has 0 unspecified atom stereocenters. The molecule has 2 aromatic rings. The summed E-state index contributed by atoms with van der Waals surface area (Å²) in [6.45, 7) is 3.07. The average molecular weight is 362 g/mol. The summed E-state index contributed by atoms with van der Waals surface area (Å²) >= 11 is 0. The highest BCUT2D eigenvalue weighted by molar-refractivity contribution is 7.92. The first-order valence-electron chi connectivity index (χ1n) is 6.53. The van der Waals surface area contributed by atoms with Gasteiger partial charge >= 0.3 is 12.1 Å². The van der Waals surface area contributed by atoms with Crippen LogP contribution in [0.3, 0.4) is 0 Å². The fourth-order valence-electron chi connectivity index (χ4n) is 1.97. The van der Waals surface area contributed by atoms with Crippen LogP contribution in [0, 0.1) is 13.8 Å². The van der Waals surface area contributed by atoms with E-state index < -0.39 is 22.1 Å². The standard InChI is InChI=1S/C13H13F3N4O3S/c1-7-11(8(2)19-18-7)24(22,23)20-10-5-3-9(4-6-10)17-12(21)13(14,15)16/h3-6,20H,1-2H3,(H,17,21)(H,18,19). The van der Waals surface area contributed by atoms with Crippen molar-refractivity contribution >= 4 is 27.3 Å². The number of anilines is 2. The molecule has 0 spiro atoms. The fourth-order valence-corrected chi connectivity index (χ4v) is 3.40. The number of alkyl halides is 3. The van der Waals surface area contributed by atoms with Gasteiger partial charge < -0.3 is 5.32 Å². The number of carbonyl (C=O) groups is 1. The van der Waals surface area contributed by atoms with Crippen molar-refractivity contribution < 1.29 is 26.4 Å². The first-order chi connectivity index (χ1) is 11.0. The number of carbonyl (C=O) groups excluding carboxylic acids is 1. The lowest BCUT2D eigenvalue weighted by Crippen LogP contribution is -2.29. The zero-order valence-corrected chi connectivity index (χ0v) is 13.3. The second-order valence-electron chi connectivity index (χ2n) is 4.90. The minimum Gasteiger partial charge on any atom is -0.318 e. The highest BCUT2D eigenvalue weighted by Gasteiger charge is 2.38. The lowest BCUT2D eigenvalue weighted by atomic mass is 10.3. The minimum absolute atomic E-state index is 0.00282. The Morgan fingerprint density at radius 3 is 2.12 bits per heavy atom. The van der Waals surface area contributed by atoms with Crippen LogP contribution in [0.25, 0.3) is 0 Å². The van der Waals surface area contributed by atoms with E-state index in [0.717, 1.165) is 12.1 Å². The van der Waals surface area contributed by atoms with Crippen molar-refractivity contribution in [2.24, 2.45) is 0 Å². The lowest BCUT2D eigenvalue weighted by Gasteiger charge is -2.10. The molecule has 0 aliphatic rings. The Morgan fingerprint density at radius 1 is 1.12 bits per heavy atom. The summed E-state index contributed by atoms with van der Waals surface area (Å²) in [4.78, 5) is 10.8. The number of nitrogens with one attached hydrogen (secondary N) is 3. The van der Waals surface area contributed by atoms with E-state index in [9.17, 15) is 26.4 Å². The molecule has 0 fully saturated rings. The second-order valence-corrected chi connectivity index (χ2v) is 6.52. The monoisotopic (exact) mass is 362 g/mol. The van der Waals surface area contributed by atoms with Gasteiger partial charge in [0.1, 0.15) is 4.90 Å². The molecule has 0 saturated carbocycles. The SMILES string of the molecule is Cc1n[nH]c(C)c1S(=O)(=O)Nc1ccc(NC(=O)C(F)(F)F)cc1. The van der Waals surface area contributed by atoms with Crippen molar-refractivity contribution in [3.8, 4) is 0 Å². The van der Waals surface area contributed by atoms with E-state index in [2.05, 4.69) is 14.9 Å². The van der Waals surface area contributed by atoms with Crippen LogP contribution in [0.5, 0.6) is 0 Å². The van der Waals surface area contributed by atoms with Crippen LogP contribution >= 0.6 is 0 Å². The Bertz CT molecular complexity index is 838. The van der Waals surface area contributed by atoms with Crippen LogP contribution in [0.4, 0.5) is 24.5 Å². The maximum Gasteiger partial charge on any atom is 0.471 e. The van der Waals surface area contributed by atoms with E-state index in [1.807, 2.05) is 0 Å². The molecule has 0 atom stereocenters. The van der Waals surface area contributed by atoms with Gasteiger partial charge in [-0.15, -0.1) is 0 Å². The summed E-state index contributed by atoms with van der Waals surface area (Å²) in [5.74, 6) is -2.11. The summed E-state index contributed by atoms with van der Waals surface area (Å²) in [6, 6.07) is 4.76. The summed E-state index contributed by atoms with van der Waals surface area (Å²) < 4.78 is 63.4. The second kappa shape index (κ2) is 6.15. The molecule has 3 N–H and O–H groups in total. The largest absolute Gasteiger partial charge is 0.471 e. The summed E-state index contributed by atoms with van der Waals surface area (Å²) in [6.07, 6.45) is -5.00. The summed E-state index contributed by atoms with van der Waals surface area (Å²) in [7, 11) is -3.90. The maximum absolute atomic E-state index is 12.3. The van der Waals surface area contributed by atoms with Crippen molar-refractivity contribution in [2.75, 3.05) is 10.0 Å². The number of H-pyrrole nitrogens is 1.